The van der Waals surface area contributed by atoms with E-state index in [0.717, 1.165) is 10.6 Å². The zero-order chi connectivity index (χ0) is 8.48. The van der Waals surface area contributed by atoms with Crippen molar-refractivity contribution in [3.8, 4) is 0 Å². The van der Waals surface area contributed by atoms with E-state index in [-0.39, 0.29) is 0 Å². The minimum Gasteiger partial charge on any atom is -0.208 e. The Hall–Kier alpha value is -0.390. The molecular formula is C6H10NO2S2+. The van der Waals surface area contributed by atoms with Crippen molar-refractivity contribution < 1.29 is 13.1 Å². The van der Waals surface area contributed by atoms with E-state index in [1.807, 2.05) is 18.4 Å². The summed E-state index contributed by atoms with van der Waals surface area (Å²) in [5, 5.41) is 1.83. The van der Waals surface area contributed by atoms with Crippen LogP contribution in [-0.2, 0) is 10.0 Å². The van der Waals surface area contributed by atoms with Gasteiger partial charge < -0.3 is 0 Å². The van der Waals surface area contributed by atoms with Crippen LogP contribution < -0.4 is 4.72 Å². The molecule has 2 N–H and O–H groups in total. The van der Waals surface area contributed by atoms with Gasteiger partial charge in [-0.3, -0.25) is 0 Å². The van der Waals surface area contributed by atoms with Gasteiger partial charge in [-0.15, -0.1) is 11.3 Å². The van der Waals surface area contributed by atoms with Gasteiger partial charge in [-0.25, -0.2) is 4.72 Å². The van der Waals surface area contributed by atoms with Gasteiger partial charge in [-0.2, -0.15) is 8.42 Å². The number of primary sulfonamides is 1. The molecule has 5 heteroatoms. The predicted molar refractivity (Wildman–Crippen MR) is 45.5 cm³/mol. The van der Waals surface area contributed by atoms with Crippen molar-refractivity contribution in [2.24, 2.45) is 0 Å². The highest BCUT2D eigenvalue weighted by atomic mass is 32.2. The second-order valence-corrected chi connectivity index (χ2v) is 5.45. The highest BCUT2D eigenvalue weighted by molar-refractivity contribution is 7.84. The average molecular weight is 192 g/mol. The SMILES string of the molecule is Cc1cc([NH2+]S(C)(=O)=O)cs1. The lowest BCUT2D eigenvalue weighted by Crippen LogP contribution is -2.80. The lowest BCUT2D eigenvalue weighted by molar-refractivity contribution is -0.395. The van der Waals surface area contributed by atoms with Gasteiger partial charge in [-0.05, 0) is 6.92 Å². The molecule has 62 valence electrons. The standard InChI is InChI=1S/C6H9NO2S2/c1-5-3-6(4-10-5)7-11(2,8)9/h3-4,7H,1-2H3/p+1. The number of aryl methyl sites for hydroxylation is 1. The number of hydrogen-bond donors (Lipinski definition) is 1. The van der Waals surface area contributed by atoms with E-state index < -0.39 is 10.0 Å². The Labute approximate surface area is 70.1 Å². The third-order valence-corrected chi connectivity index (χ3v) is 2.68. The zero-order valence-electron chi connectivity index (χ0n) is 6.37. The molecule has 0 atom stereocenters. The van der Waals surface area contributed by atoms with Crippen LogP contribution >= 0.6 is 11.3 Å². The van der Waals surface area contributed by atoms with Crippen LogP contribution in [-0.4, -0.2) is 14.7 Å². The molecule has 1 rings (SSSR count). The molecule has 0 amide bonds. The Bertz CT molecular complexity index is 339. The van der Waals surface area contributed by atoms with Gasteiger partial charge in [0.2, 0.25) is 0 Å². The minimum absolute atomic E-state index is 0.773. The van der Waals surface area contributed by atoms with Gasteiger partial charge in [-0.1, -0.05) is 0 Å². The van der Waals surface area contributed by atoms with E-state index >= 15 is 0 Å². The third-order valence-electron chi connectivity index (χ3n) is 1.10. The van der Waals surface area contributed by atoms with Gasteiger partial charge >= 0.3 is 0 Å². The molecule has 0 unspecified atom stereocenters. The molecule has 0 aliphatic rings. The fraction of sp³-hybridized carbons (Fsp3) is 0.333. The maximum Gasteiger partial charge on any atom is 0.295 e. The summed E-state index contributed by atoms with van der Waals surface area (Å²) in [6.45, 7) is 1.95. The monoisotopic (exact) mass is 192 g/mol. The van der Waals surface area contributed by atoms with Crippen molar-refractivity contribution in [2.45, 2.75) is 6.92 Å². The van der Waals surface area contributed by atoms with Gasteiger partial charge in [0.15, 0.2) is 5.69 Å². The molecule has 11 heavy (non-hydrogen) atoms. The number of nitrogens with two attached hydrogens (primary N) is 1. The van der Waals surface area contributed by atoms with Gasteiger partial charge in [0.1, 0.15) is 0 Å². The summed E-state index contributed by atoms with van der Waals surface area (Å²) in [7, 11) is -2.98. The Morgan fingerprint density at radius 1 is 1.55 bits per heavy atom. The van der Waals surface area contributed by atoms with Crippen LogP contribution in [0.2, 0.25) is 0 Å². The Balaban J connectivity index is 2.81. The van der Waals surface area contributed by atoms with E-state index in [4.69, 9.17) is 0 Å². The van der Waals surface area contributed by atoms with Crippen LogP contribution in [0.15, 0.2) is 11.4 Å². The maximum atomic E-state index is 10.8. The van der Waals surface area contributed by atoms with Crippen molar-refractivity contribution in [3.63, 3.8) is 0 Å². The number of hydrogen-bond acceptors (Lipinski definition) is 3. The molecule has 0 fully saturated rings. The first kappa shape index (κ1) is 8.70. The quantitative estimate of drug-likeness (QED) is 0.728. The number of thiophene rings is 1. The fourth-order valence-corrected chi connectivity index (χ4v) is 2.15. The van der Waals surface area contributed by atoms with E-state index in [9.17, 15) is 8.42 Å². The Morgan fingerprint density at radius 2 is 2.18 bits per heavy atom. The lowest BCUT2D eigenvalue weighted by atomic mass is 10.5. The minimum atomic E-state index is -2.98. The van der Waals surface area contributed by atoms with Crippen LogP contribution in [0.1, 0.15) is 4.88 Å². The van der Waals surface area contributed by atoms with E-state index in [1.54, 1.807) is 11.3 Å². The van der Waals surface area contributed by atoms with Crippen molar-refractivity contribution in [3.05, 3.63) is 16.3 Å². The molecule has 0 aliphatic carbocycles. The molecule has 1 aromatic heterocycles. The van der Waals surface area contributed by atoms with E-state index in [1.165, 1.54) is 11.0 Å². The molecule has 0 spiro atoms. The second kappa shape index (κ2) is 2.92. The molecule has 1 heterocycles. The zero-order valence-corrected chi connectivity index (χ0v) is 8.00. The van der Waals surface area contributed by atoms with Crippen LogP contribution in [0.5, 0.6) is 0 Å². The first-order valence-electron chi connectivity index (χ1n) is 3.07. The molecule has 3 nitrogen and oxygen atoms in total. The third kappa shape index (κ3) is 3.00. The second-order valence-electron chi connectivity index (χ2n) is 2.44. The normalized spacial score (nSPS) is 11.8. The maximum absolute atomic E-state index is 10.8. The molecule has 0 aliphatic heterocycles. The van der Waals surface area contributed by atoms with E-state index in [2.05, 4.69) is 0 Å². The van der Waals surface area contributed by atoms with Crippen LogP contribution in [0.25, 0.3) is 0 Å². The lowest BCUT2D eigenvalue weighted by Gasteiger charge is -1.90. The fourth-order valence-electron chi connectivity index (χ4n) is 0.773. The van der Waals surface area contributed by atoms with Crippen LogP contribution in [0.4, 0.5) is 5.69 Å². The first-order chi connectivity index (χ1) is 4.97. The molecular weight excluding hydrogens is 182 g/mol. The Kier molecular flexibility index (Phi) is 2.31. The topological polar surface area (TPSA) is 50.8 Å². The molecule has 0 saturated carbocycles. The summed E-state index contributed by atoms with van der Waals surface area (Å²) in [5.74, 6) is 0. The highest BCUT2D eigenvalue weighted by Crippen LogP contribution is 2.13. The largest absolute Gasteiger partial charge is 0.295 e. The highest BCUT2D eigenvalue weighted by Gasteiger charge is 2.07. The van der Waals surface area contributed by atoms with Gasteiger partial charge in [0.25, 0.3) is 10.0 Å². The average Bonchev–Trinajstić information content (AvgIpc) is 2.10. The molecule has 0 bridgehead atoms. The number of quaternary nitrogens is 1. The molecule has 1 aromatic rings. The van der Waals surface area contributed by atoms with Gasteiger partial charge in [0.05, 0.1) is 11.6 Å². The van der Waals surface area contributed by atoms with Crippen molar-refractivity contribution >= 4 is 27.0 Å². The van der Waals surface area contributed by atoms with Crippen molar-refractivity contribution in [1.82, 2.24) is 0 Å². The predicted octanol–water partition coefficient (Wildman–Crippen LogP) is 0.211. The summed E-state index contributed by atoms with van der Waals surface area (Å²) in [4.78, 5) is 1.12. The molecule has 0 saturated heterocycles. The first-order valence-corrected chi connectivity index (χ1v) is 5.91. The summed E-state index contributed by atoms with van der Waals surface area (Å²) in [6, 6.07) is 1.85. The molecule has 0 radical (unpaired) electrons. The number of sulfonamides is 1. The summed E-state index contributed by atoms with van der Waals surface area (Å²) < 4.78 is 22.8. The smallest absolute Gasteiger partial charge is 0.208 e. The Morgan fingerprint density at radius 3 is 2.55 bits per heavy atom. The molecule has 0 aromatic carbocycles. The number of rotatable bonds is 2. The van der Waals surface area contributed by atoms with E-state index in [0.29, 0.717) is 0 Å². The summed E-state index contributed by atoms with van der Waals surface area (Å²) in [6.07, 6.45) is 1.19. The van der Waals surface area contributed by atoms with Crippen molar-refractivity contribution in [2.75, 3.05) is 6.26 Å². The van der Waals surface area contributed by atoms with Crippen LogP contribution in [0, 0.1) is 6.92 Å². The van der Waals surface area contributed by atoms with Crippen LogP contribution in [0.3, 0.4) is 0 Å². The van der Waals surface area contributed by atoms with Gasteiger partial charge in [0, 0.05) is 10.9 Å². The summed E-state index contributed by atoms with van der Waals surface area (Å²) in [5.41, 5.74) is 0.773. The summed E-state index contributed by atoms with van der Waals surface area (Å²) >= 11 is 1.55. The van der Waals surface area contributed by atoms with Crippen molar-refractivity contribution in [1.29, 1.82) is 0 Å².